The Bertz CT molecular complexity index is 1300. The summed E-state index contributed by atoms with van der Waals surface area (Å²) < 4.78 is 3.35. The fourth-order valence-corrected chi connectivity index (χ4v) is 5.36. The first-order chi connectivity index (χ1) is 15.9. The van der Waals surface area contributed by atoms with E-state index in [-0.39, 0.29) is 12.1 Å². The first-order valence-electron chi connectivity index (χ1n) is 10.6. The molecule has 33 heavy (non-hydrogen) atoms. The van der Waals surface area contributed by atoms with Gasteiger partial charge in [-0.15, -0.1) is 0 Å². The molecule has 0 aliphatic carbocycles. The predicted octanol–water partition coefficient (Wildman–Crippen LogP) is 7.08. The number of thiocarbonyl (C=S) groups is 1. The van der Waals surface area contributed by atoms with Crippen LogP contribution in [0, 0.1) is 13.8 Å². The molecule has 2 aromatic heterocycles. The van der Waals surface area contributed by atoms with Crippen LogP contribution in [0.1, 0.15) is 34.7 Å². The van der Waals surface area contributed by atoms with Crippen LogP contribution in [0.3, 0.4) is 0 Å². The lowest BCUT2D eigenvalue weighted by Gasteiger charge is -2.28. The zero-order valence-electron chi connectivity index (χ0n) is 18.2. The van der Waals surface area contributed by atoms with E-state index in [1.165, 1.54) is 17.0 Å². The van der Waals surface area contributed by atoms with Crippen LogP contribution in [0.4, 0.5) is 5.69 Å². The van der Waals surface area contributed by atoms with Crippen molar-refractivity contribution in [3.8, 4) is 5.69 Å². The van der Waals surface area contributed by atoms with Crippen molar-refractivity contribution >= 4 is 50.5 Å². The number of nitrogens with zero attached hydrogens (tertiary/aromatic N) is 3. The minimum absolute atomic E-state index is 0.0658. The summed E-state index contributed by atoms with van der Waals surface area (Å²) in [5, 5.41) is 4.90. The highest BCUT2D eigenvalue weighted by molar-refractivity contribution is 9.10. The van der Waals surface area contributed by atoms with Crippen LogP contribution in [-0.4, -0.2) is 14.7 Å². The normalized spacial score (nSPS) is 17.9. The van der Waals surface area contributed by atoms with Gasteiger partial charge < -0.3 is 14.8 Å². The molecule has 3 heterocycles. The van der Waals surface area contributed by atoms with Crippen LogP contribution >= 0.6 is 39.7 Å². The Morgan fingerprint density at radius 2 is 1.67 bits per heavy atom. The maximum Gasteiger partial charge on any atom is 0.174 e. The topological polar surface area (TPSA) is 33.1 Å². The van der Waals surface area contributed by atoms with E-state index in [4.69, 9.17) is 23.8 Å². The molecule has 2 aromatic carbocycles. The lowest BCUT2D eigenvalue weighted by atomic mass is 9.96. The van der Waals surface area contributed by atoms with Crippen molar-refractivity contribution in [1.29, 1.82) is 0 Å². The van der Waals surface area contributed by atoms with Crippen LogP contribution < -0.4 is 10.2 Å². The zero-order valence-corrected chi connectivity index (χ0v) is 21.3. The molecule has 7 heteroatoms. The van der Waals surface area contributed by atoms with Gasteiger partial charge in [0.15, 0.2) is 5.11 Å². The molecule has 1 saturated heterocycles. The Morgan fingerprint density at radius 3 is 2.33 bits per heavy atom. The Balaban J connectivity index is 1.67. The Kier molecular flexibility index (Phi) is 5.99. The Morgan fingerprint density at radius 1 is 0.970 bits per heavy atom. The number of halogens is 2. The number of nitrogens with one attached hydrogen (secondary N) is 1. The van der Waals surface area contributed by atoms with Crippen LogP contribution in [0.2, 0.25) is 5.02 Å². The van der Waals surface area contributed by atoms with Gasteiger partial charge in [-0.05, 0) is 98.4 Å². The second kappa shape index (κ2) is 8.93. The van der Waals surface area contributed by atoms with E-state index in [1.54, 1.807) is 0 Å². The molecule has 1 fully saturated rings. The summed E-state index contributed by atoms with van der Waals surface area (Å²) in [6, 6.07) is 24.3. The Labute approximate surface area is 212 Å². The fourth-order valence-electron chi connectivity index (χ4n) is 4.63. The smallest absolute Gasteiger partial charge is 0.174 e. The second-order valence-corrected chi connectivity index (χ2v) is 9.85. The number of benzene rings is 2. The lowest BCUT2D eigenvalue weighted by Crippen LogP contribution is -2.29. The van der Waals surface area contributed by atoms with Crippen molar-refractivity contribution in [3.63, 3.8) is 0 Å². The van der Waals surface area contributed by atoms with Gasteiger partial charge in [0.05, 0.1) is 17.8 Å². The van der Waals surface area contributed by atoms with Crippen LogP contribution in [-0.2, 0) is 0 Å². The standard InChI is InChI=1S/C26H22BrClN4S/c1-16-15-22(17(2)31(16)20-10-6-18(27)7-11-20)25-24(23-5-3-4-14-29-23)30-26(33)32(25)21-12-8-19(28)9-13-21/h3-15,24-25H,1-2H3,(H,30,33)/t24-,25+/m1/s1. The van der Waals surface area contributed by atoms with Crippen molar-refractivity contribution in [3.05, 3.63) is 111 Å². The van der Waals surface area contributed by atoms with Gasteiger partial charge in [0, 0.05) is 38.5 Å². The SMILES string of the molecule is Cc1cc([C@H]2[C@@H](c3ccccn3)NC(=S)N2c2ccc(Cl)cc2)c(C)n1-c1ccc(Br)cc1. The van der Waals surface area contributed by atoms with Crippen molar-refractivity contribution in [1.82, 2.24) is 14.9 Å². The molecule has 0 spiro atoms. The van der Waals surface area contributed by atoms with Gasteiger partial charge in [-0.2, -0.15) is 0 Å². The van der Waals surface area contributed by atoms with Gasteiger partial charge in [-0.3, -0.25) is 4.98 Å². The molecule has 5 rings (SSSR count). The fraction of sp³-hybridized carbons (Fsp3) is 0.154. The number of pyridine rings is 1. The second-order valence-electron chi connectivity index (χ2n) is 8.11. The molecule has 1 aliphatic heterocycles. The number of hydrogen-bond acceptors (Lipinski definition) is 2. The van der Waals surface area contributed by atoms with E-state index in [0.29, 0.717) is 10.1 Å². The molecule has 166 valence electrons. The molecule has 4 nitrogen and oxygen atoms in total. The van der Waals surface area contributed by atoms with Gasteiger partial charge in [-0.1, -0.05) is 33.6 Å². The van der Waals surface area contributed by atoms with Crippen molar-refractivity contribution in [2.75, 3.05) is 4.90 Å². The average molecular weight is 538 g/mol. The highest BCUT2D eigenvalue weighted by Gasteiger charge is 2.42. The van der Waals surface area contributed by atoms with Gasteiger partial charge in [0.2, 0.25) is 0 Å². The molecule has 1 aliphatic rings. The van der Waals surface area contributed by atoms with E-state index in [9.17, 15) is 0 Å². The first kappa shape index (κ1) is 22.1. The summed E-state index contributed by atoms with van der Waals surface area (Å²) >= 11 is 15.6. The lowest BCUT2D eigenvalue weighted by molar-refractivity contribution is 0.565. The molecule has 2 atom stereocenters. The third-order valence-electron chi connectivity index (χ3n) is 6.08. The molecular weight excluding hydrogens is 516 g/mol. The first-order valence-corrected chi connectivity index (χ1v) is 12.2. The minimum atomic E-state index is -0.0896. The van der Waals surface area contributed by atoms with Crippen molar-refractivity contribution in [2.24, 2.45) is 0 Å². The zero-order chi connectivity index (χ0) is 23.1. The van der Waals surface area contributed by atoms with Crippen molar-refractivity contribution in [2.45, 2.75) is 25.9 Å². The highest BCUT2D eigenvalue weighted by Crippen LogP contribution is 2.43. The summed E-state index contributed by atoms with van der Waals surface area (Å²) in [7, 11) is 0. The molecule has 0 unspecified atom stereocenters. The van der Waals surface area contributed by atoms with Gasteiger partial charge in [0.25, 0.3) is 0 Å². The molecule has 4 aromatic rings. The van der Waals surface area contributed by atoms with E-state index >= 15 is 0 Å². The molecule has 0 saturated carbocycles. The Hall–Kier alpha value is -2.67. The average Bonchev–Trinajstić information content (AvgIpc) is 3.31. The summed E-state index contributed by atoms with van der Waals surface area (Å²) in [6.07, 6.45) is 1.83. The molecule has 0 bridgehead atoms. The van der Waals surface area contributed by atoms with Crippen LogP contribution in [0.15, 0.2) is 83.5 Å². The number of anilines is 1. The largest absolute Gasteiger partial charge is 0.351 e. The minimum Gasteiger partial charge on any atom is -0.351 e. The molecular formula is C26H22BrClN4S. The van der Waals surface area contributed by atoms with Crippen molar-refractivity contribution < 1.29 is 0 Å². The van der Waals surface area contributed by atoms with Gasteiger partial charge >= 0.3 is 0 Å². The maximum absolute atomic E-state index is 6.18. The third kappa shape index (κ3) is 4.07. The van der Waals surface area contributed by atoms with Crippen LogP contribution in [0.5, 0.6) is 0 Å². The maximum atomic E-state index is 6.18. The highest BCUT2D eigenvalue weighted by atomic mass is 79.9. The number of aryl methyl sites for hydroxylation is 1. The van der Waals surface area contributed by atoms with E-state index in [2.05, 4.69) is 79.9 Å². The van der Waals surface area contributed by atoms with E-state index in [0.717, 1.165) is 21.5 Å². The van der Waals surface area contributed by atoms with E-state index < -0.39 is 0 Å². The van der Waals surface area contributed by atoms with Gasteiger partial charge in [-0.25, -0.2) is 0 Å². The summed E-state index contributed by atoms with van der Waals surface area (Å²) in [5.41, 5.74) is 6.61. The molecule has 1 N–H and O–H groups in total. The number of aromatic nitrogens is 2. The van der Waals surface area contributed by atoms with Gasteiger partial charge in [0.1, 0.15) is 0 Å². The van der Waals surface area contributed by atoms with E-state index in [1.807, 2.05) is 48.7 Å². The number of hydrogen-bond donors (Lipinski definition) is 1. The molecule has 0 radical (unpaired) electrons. The molecule has 0 amide bonds. The summed E-state index contributed by atoms with van der Waals surface area (Å²) in [4.78, 5) is 6.84. The summed E-state index contributed by atoms with van der Waals surface area (Å²) in [6.45, 7) is 4.31. The summed E-state index contributed by atoms with van der Waals surface area (Å²) in [5.74, 6) is 0. The predicted molar refractivity (Wildman–Crippen MR) is 142 cm³/mol. The van der Waals surface area contributed by atoms with Crippen LogP contribution in [0.25, 0.3) is 5.69 Å². The third-order valence-corrected chi connectivity index (χ3v) is 7.17. The monoisotopic (exact) mass is 536 g/mol. The quantitative estimate of drug-likeness (QED) is 0.282. The number of rotatable bonds is 4.